The first-order valence-electron chi connectivity index (χ1n) is 4.92. The number of nitrogens with one attached hydrogen (secondary N) is 1. The zero-order valence-electron chi connectivity index (χ0n) is 8.74. The van der Waals surface area contributed by atoms with Gasteiger partial charge in [0.1, 0.15) is 0 Å². The van der Waals surface area contributed by atoms with E-state index in [0.29, 0.717) is 5.56 Å². The van der Waals surface area contributed by atoms with Crippen LogP contribution in [0, 0.1) is 11.3 Å². The first-order valence-corrected chi connectivity index (χ1v) is 6.50. The second-order valence-electron chi connectivity index (χ2n) is 3.41. The van der Waals surface area contributed by atoms with Crippen molar-refractivity contribution in [3.63, 3.8) is 0 Å². The quantitative estimate of drug-likeness (QED) is 0.841. The van der Waals surface area contributed by atoms with Gasteiger partial charge in [-0.3, -0.25) is 0 Å². The molecule has 0 radical (unpaired) electrons. The third kappa shape index (κ3) is 2.87. The van der Waals surface area contributed by atoms with Crippen LogP contribution in [0.5, 0.6) is 0 Å². The Morgan fingerprint density at radius 2 is 1.65 bits per heavy atom. The molecule has 2 aromatic rings. The lowest BCUT2D eigenvalue weighted by molar-refractivity contribution is 1.46. The van der Waals surface area contributed by atoms with Gasteiger partial charge >= 0.3 is 0 Å². The fourth-order valence-corrected chi connectivity index (χ4v) is 2.62. The van der Waals surface area contributed by atoms with Crippen LogP contribution < -0.4 is 5.32 Å². The van der Waals surface area contributed by atoms with E-state index in [9.17, 15) is 0 Å². The predicted molar refractivity (Wildman–Crippen MR) is 76.3 cm³/mol. The van der Waals surface area contributed by atoms with E-state index < -0.39 is 0 Å². The van der Waals surface area contributed by atoms with Gasteiger partial charge in [0.05, 0.1) is 17.3 Å². The molecule has 0 fully saturated rings. The number of anilines is 2. The zero-order valence-corrected chi connectivity index (χ0v) is 11.9. The number of hydrogen-bond acceptors (Lipinski definition) is 2. The molecule has 0 aromatic heterocycles. The van der Waals surface area contributed by atoms with Crippen molar-refractivity contribution >= 4 is 43.2 Å². The second-order valence-corrected chi connectivity index (χ2v) is 5.12. The van der Waals surface area contributed by atoms with E-state index in [1.807, 2.05) is 36.4 Å². The van der Waals surface area contributed by atoms with Crippen LogP contribution in [-0.2, 0) is 0 Å². The van der Waals surface area contributed by atoms with Gasteiger partial charge in [-0.15, -0.1) is 0 Å². The fraction of sp³-hybridized carbons (Fsp3) is 0. The number of rotatable bonds is 2. The topological polar surface area (TPSA) is 35.8 Å². The summed E-state index contributed by atoms with van der Waals surface area (Å²) in [6.45, 7) is 0. The molecular formula is C13H8Br2N2. The van der Waals surface area contributed by atoms with Crippen LogP contribution in [0.15, 0.2) is 51.4 Å². The van der Waals surface area contributed by atoms with Crippen molar-refractivity contribution in [1.29, 1.82) is 5.26 Å². The Morgan fingerprint density at radius 3 is 2.29 bits per heavy atom. The highest BCUT2D eigenvalue weighted by molar-refractivity contribution is 9.11. The van der Waals surface area contributed by atoms with Crippen molar-refractivity contribution in [2.75, 3.05) is 5.32 Å². The summed E-state index contributed by atoms with van der Waals surface area (Å²) >= 11 is 6.97. The van der Waals surface area contributed by atoms with Crippen LogP contribution in [0.3, 0.4) is 0 Å². The Kier molecular flexibility index (Phi) is 3.82. The lowest BCUT2D eigenvalue weighted by Gasteiger charge is -2.10. The monoisotopic (exact) mass is 350 g/mol. The van der Waals surface area contributed by atoms with Crippen LogP contribution in [0.25, 0.3) is 0 Å². The Labute approximate surface area is 117 Å². The molecule has 0 aliphatic rings. The number of halogens is 2. The molecule has 2 rings (SSSR count). The standard InChI is InChI=1S/C13H8Br2N2/c14-11-5-2-6-12(15)13(11)17-10-4-1-3-9(7-10)8-16/h1-7,17H. The maximum Gasteiger partial charge on any atom is 0.0992 e. The average Bonchev–Trinajstić information content (AvgIpc) is 2.34. The summed E-state index contributed by atoms with van der Waals surface area (Å²) in [4.78, 5) is 0. The lowest BCUT2D eigenvalue weighted by Crippen LogP contribution is -1.93. The van der Waals surface area contributed by atoms with Gasteiger partial charge in [-0.25, -0.2) is 0 Å². The molecule has 0 saturated carbocycles. The van der Waals surface area contributed by atoms with Crippen LogP contribution in [0.2, 0.25) is 0 Å². The molecule has 0 bridgehead atoms. The molecule has 0 atom stereocenters. The van der Waals surface area contributed by atoms with E-state index in [1.165, 1.54) is 0 Å². The van der Waals surface area contributed by atoms with Gasteiger partial charge in [-0.2, -0.15) is 5.26 Å². The highest BCUT2D eigenvalue weighted by Crippen LogP contribution is 2.33. The van der Waals surface area contributed by atoms with Gasteiger partial charge in [0.2, 0.25) is 0 Å². The van der Waals surface area contributed by atoms with Crippen molar-refractivity contribution in [3.8, 4) is 6.07 Å². The number of para-hydroxylation sites is 1. The summed E-state index contributed by atoms with van der Waals surface area (Å²) < 4.78 is 1.93. The highest BCUT2D eigenvalue weighted by atomic mass is 79.9. The summed E-state index contributed by atoms with van der Waals surface area (Å²) in [5.41, 5.74) is 2.47. The van der Waals surface area contributed by atoms with Gasteiger partial charge in [0.25, 0.3) is 0 Å². The summed E-state index contributed by atoms with van der Waals surface area (Å²) in [7, 11) is 0. The highest BCUT2D eigenvalue weighted by Gasteiger charge is 2.04. The van der Waals surface area contributed by atoms with Crippen molar-refractivity contribution in [2.45, 2.75) is 0 Å². The normalized spacial score (nSPS) is 9.71. The Balaban J connectivity index is 2.35. The Hall–Kier alpha value is -1.31. The molecule has 84 valence electrons. The number of benzene rings is 2. The van der Waals surface area contributed by atoms with Gasteiger partial charge in [0.15, 0.2) is 0 Å². The first-order chi connectivity index (χ1) is 8.20. The number of nitrogens with zero attached hydrogens (tertiary/aromatic N) is 1. The Morgan fingerprint density at radius 1 is 1.00 bits per heavy atom. The van der Waals surface area contributed by atoms with E-state index in [-0.39, 0.29) is 0 Å². The number of nitriles is 1. The molecule has 0 aliphatic heterocycles. The molecule has 1 N–H and O–H groups in total. The maximum atomic E-state index is 8.84. The van der Waals surface area contributed by atoms with E-state index in [4.69, 9.17) is 5.26 Å². The second kappa shape index (κ2) is 5.35. The van der Waals surface area contributed by atoms with Gasteiger partial charge < -0.3 is 5.32 Å². The summed E-state index contributed by atoms with van der Waals surface area (Å²) in [6, 6.07) is 15.4. The molecule has 2 aromatic carbocycles. The van der Waals surface area contributed by atoms with Gasteiger partial charge in [-0.05, 0) is 62.2 Å². The zero-order chi connectivity index (χ0) is 12.3. The maximum absolute atomic E-state index is 8.84. The smallest absolute Gasteiger partial charge is 0.0992 e. The largest absolute Gasteiger partial charge is 0.354 e. The van der Waals surface area contributed by atoms with Crippen LogP contribution >= 0.6 is 31.9 Å². The average molecular weight is 352 g/mol. The van der Waals surface area contributed by atoms with Crippen molar-refractivity contribution in [2.24, 2.45) is 0 Å². The van der Waals surface area contributed by atoms with Crippen LogP contribution in [-0.4, -0.2) is 0 Å². The third-order valence-electron chi connectivity index (χ3n) is 2.22. The molecule has 2 nitrogen and oxygen atoms in total. The summed E-state index contributed by atoms with van der Waals surface area (Å²) in [5, 5.41) is 12.1. The molecule has 0 amide bonds. The minimum absolute atomic E-state index is 0.637. The molecule has 4 heteroatoms. The lowest BCUT2D eigenvalue weighted by atomic mass is 10.2. The van der Waals surface area contributed by atoms with Crippen molar-refractivity contribution in [1.82, 2.24) is 0 Å². The number of hydrogen-bond donors (Lipinski definition) is 1. The van der Waals surface area contributed by atoms with E-state index in [0.717, 1.165) is 20.3 Å². The van der Waals surface area contributed by atoms with Crippen molar-refractivity contribution in [3.05, 3.63) is 57.0 Å². The Bertz CT molecular complexity index is 568. The van der Waals surface area contributed by atoms with Crippen molar-refractivity contribution < 1.29 is 0 Å². The van der Waals surface area contributed by atoms with Gasteiger partial charge in [-0.1, -0.05) is 12.1 Å². The molecular weight excluding hydrogens is 344 g/mol. The molecule has 17 heavy (non-hydrogen) atoms. The molecule has 0 heterocycles. The summed E-state index contributed by atoms with van der Waals surface area (Å²) in [6.07, 6.45) is 0. The molecule has 0 saturated heterocycles. The predicted octanol–water partition coefficient (Wildman–Crippen LogP) is 4.83. The van der Waals surface area contributed by atoms with Crippen LogP contribution in [0.1, 0.15) is 5.56 Å². The fourth-order valence-electron chi connectivity index (χ4n) is 1.43. The minimum Gasteiger partial charge on any atom is -0.354 e. The SMILES string of the molecule is N#Cc1cccc(Nc2c(Br)cccc2Br)c1. The van der Waals surface area contributed by atoms with Crippen LogP contribution in [0.4, 0.5) is 11.4 Å². The van der Waals surface area contributed by atoms with E-state index >= 15 is 0 Å². The van der Waals surface area contributed by atoms with E-state index in [1.54, 1.807) is 6.07 Å². The molecule has 0 spiro atoms. The van der Waals surface area contributed by atoms with Gasteiger partial charge in [0, 0.05) is 14.6 Å². The molecule has 0 aliphatic carbocycles. The minimum atomic E-state index is 0.637. The first kappa shape index (κ1) is 12.2. The molecule has 0 unspecified atom stereocenters. The van der Waals surface area contributed by atoms with E-state index in [2.05, 4.69) is 43.2 Å². The summed E-state index contributed by atoms with van der Waals surface area (Å²) in [5.74, 6) is 0. The third-order valence-corrected chi connectivity index (χ3v) is 3.55.